The lowest BCUT2D eigenvalue weighted by Gasteiger charge is -2.13. The molecule has 0 bridgehead atoms. The highest BCUT2D eigenvalue weighted by atomic mass is 16.5. The van der Waals surface area contributed by atoms with Crippen LogP contribution in [0.25, 0.3) is 11.6 Å². The summed E-state index contributed by atoms with van der Waals surface area (Å²) in [7, 11) is 0. The molecule has 0 saturated carbocycles. The molecule has 0 atom stereocenters. The van der Waals surface area contributed by atoms with E-state index in [1.807, 2.05) is 60.7 Å². The maximum Gasteiger partial charge on any atom is 0.268 e. The summed E-state index contributed by atoms with van der Waals surface area (Å²) in [5.41, 5.74) is 2.35. The number of rotatable bonds is 5. The SMILES string of the molecule is N#CC(=Cc1ccco1)c1nc(C(c2ccccc2)c2ccccc2)no1. The summed E-state index contributed by atoms with van der Waals surface area (Å²) in [5, 5.41) is 13.6. The monoisotopic (exact) mass is 353 g/mol. The molecule has 0 spiro atoms. The predicted octanol–water partition coefficient (Wildman–Crippen LogP) is 4.91. The molecule has 130 valence electrons. The minimum atomic E-state index is -0.187. The maximum atomic E-state index is 9.47. The first-order valence-corrected chi connectivity index (χ1v) is 8.44. The van der Waals surface area contributed by atoms with Gasteiger partial charge in [-0.3, -0.25) is 0 Å². The first-order chi connectivity index (χ1) is 13.3. The lowest BCUT2D eigenvalue weighted by atomic mass is 9.91. The summed E-state index contributed by atoms with van der Waals surface area (Å²) in [5.74, 6) is 1.03. The molecule has 0 fully saturated rings. The molecule has 4 aromatic rings. The van der Waals surface area contributed by atoms with Gasteiger partial charge >= 0.3 is 0 Å². The average Bonchev–Trinajstić information content (AvgIpc) is 3.40. The minimum Gasteiger partial charge on any atom is -0.465 e. The summed E-state index contributed by atoms with van der Waals surface area (Å²) >= 11 is 0. The van der Waals surface area contributed by atoms with Crippen LogP contribution >= 0.6 is 0 Å². The van der Waals surface area contributed by atoms with Gasteiger partial charge in [-0.15, -0.1) is 0 Å². The van der Waals surface area contributed by atoms with Crippen LogP contribution in [0.15, 0.2) is 88.0 Å². The zero-order chi connectivity index (χ0) is 18.5. The molecule has 27 heavy (non-hydrogen) atoms. The highest BCUT2D eigenvalue weighted by molar-refractivity contribution is 5.85. The Labute approximate surface area is 156 Å². The van der Waals surface area contributed by atoms with Crippen LogP contribution < -0.4 is 0 Å². The van der Waals surface area contributed by atoms with Crippen molar-refractivity contribution in [2.45, 2.75) is 5.92 Å². The number of allylic oxidation sites excluding steroid dienone is 1. The van der Waals surface area contributed by atoms with E-state index in [1.54, 1.807) is 24.5 Å². The summed E-state index contributed by atoms with van der Waals surface area (Å²) in [6.07, 6.45) is 3.12. The van der Waals surface area contributed by atoms with Crippen molar-refractivity contribution in [3.05, 3.63) is 108 Å². The van der Waals surface area contributed by atoms with Gasteiger partial charge in [-0.2, -0.15) is 10.2 Å². The first-order valence-electron chi connectivity index (χ1n) is 8.44. The Morgan fingerprint density at radius 1 is 0.926 bits per heavy atom. The lowest BCUT2D eigenvalue weighted by molar-refractivity contribution is 0.400. The van der Waals surface area contributed by atoms with Crippen molar-refractivity contribution in [2.24, 2.45) is 0 Å². The third kappa shape index (κ3) is 3.55. The Bertz CT molecular complexity index is 1040. The van der Waals surface area contributed by atoms with Crippen molar-refractivity contribution in [3.63, 3.8) is 0 Å². The van der Waals surface area contributed by atoms with E-state index in [0.717, 1.165) is 11.1 Å². The van der Waals surface area contributed by atoms with Crippen molar-refractivity contribution in [2.75, 3.05) is 0 Å². The second kappa shape index (κ2) is 7.54. The van der Waals surface area contributed by atoms with Crippen LogP contribution in [-0.4, -0.2) is 10.1 Å². The molecule has 0 radical (unpaired) electrons. The van der Waals surface area contributed by atoms with E-state index in [9.17, 15) is 5.26 Å². The topological polar surface area (TPSA) is 75.8 Å². The lowest BCUT2D eigenvalue weighted by Crippen LogP contribution is -2.05. The second-order valence-corrected chi connectivity index (χ2v) is 5.90. The molecule has 0 amide bonds. The van der Waals surface area contributed by atoms with Crippen LogP contribution in [0, 0.1) is 11.3 Å². The van der Waals surface area contributed by atoms with Crippen LogP contribution in [-0.2, 0) is 0 Å². The smallest absolute Gasteiger partial charge is 0.268 e. The van der Waals surface area contributed by atoms with Crippen molar-refractivity contribution in [1.82, 2.24) is 10.1 Å². The number of nitrogens with zero attached hydrogens (tertiary/aromatic N) is 3. The maximum absolute atomic E-state index is 9.47. The predicted molar refractivity (Wildman–Crippen MR) is 100 cm³/mol. The van der Waals surface area contributed by atoms with Crippen LogP contribution in [0.2, 0.25) is 0 Å². The standard InChI is InChI=1S/C22H15N3O2/c23-15-18(14-19-12-7-13-26-19)22-24-21(25-27-22)20(16-8-3-1-4-9-16)17-10-5-2-6-11-17/h1-14,20H. The van der Waals surface area contributed by atoms with E-state index >= 15 is 0 Å². The van der Waals surface area contributed by atoms with Gasteiger partial charge in [-0.25, -0.2) is 0 Å². The molecule has 0 aliphatic carbocycles. The molecule has 5 nitrogen and oxygen atoms in total. The number of nitriles is 1. The van der Waals surface area contributed by atoms with E-state index < -0.39 is 0 Å². The van der Waals surface area contributed by atoms with Crippen molar-refractivity contribution < 1.29 is 8.94 Å². The Morgan fingerprint density at radius 3 is 2.15 bits per heavy atom. The second-order valence-electron chi connectivity index (χ2n) is 5.90. The highest BCUT2D eigenvalue weighted by Gasteiger charge is 2.23. The number of aromatic nitrogens is 2. The Balaban J connectivity index is 1.76. The number of benzene rings is 2. The summed E-state index contributed by atoms with van der Waals surface area (Å²) in [6.45, 7) is 0. The van der Waals surface area contributed by atoms with E-state index in [2.05, 4.69) is 16.2 Å². The zero-order valence-corrected chi connectivity index (χ0v) is 14.3. The van der Waals surface area contributed by atoms with Gasteiger partial charge in [-0.1, -0.05) is 65.8 Å². The molecule has 0 aliphatic heterocycles. The third-order valence-corrected chi connectivity index (χ3v) is 4.15. The Hall–Kier alpha value is -3.91. The van der Waals surface area contributed by atoms with Gasteiger partial charge in [0.05, 0.1) is 12.2 Å². The summed E-state index contributed by atoms with van der Waals surface area (Å²) in [4.78, 5) is 4.50. The zero-order valence-electron chi connectivity index (χ0n) is 14.3. The molecule has 2 aromatic carbocycles. The molecule has 2 aromatic heterocycles. The van der Waals surface area contributed by atoms with Crippen LogP contribution in [0.4, 0.5) is 0 Å². The minimum absolute atomic E-state index is 0.167. The van der Waals surface area contributed by atoms with Crippen LogP contribution in [0.5, 0.6) is 0 Å². The first kappa shape index (κ1) is 16.6. The number of hydrogen-bond donors (Lipinski definition) is 0. The van der Waals surface area contributed by atoms with E-state index in [1.165, 1.54) is 0 Å². The third-order valence-electron chi connectivity index (χ3n) is 4.15. The fourth-order valence-corrected chi connectivity index (χ4v) is 2.90. The molecule has 4 rings (SSSR count). The fourth-order valence-electron chi connectivity index (χ4n) is 2.90. The molecule has 0 aliphatic rings. The molecule has 0 saturated heterocycles. The number of furan rings is 1. The highest BCUT2D eigenvalue weighted by Crippen LogP contribution is 2.30. The van der Waals surface area contributed by atoms with Gasteiger partial charge in [0.2, 0.25) is 0 Å². The summed E-state index contributed by atoms with van der Waals surface area (Å²) in [6, 6.07) is 25.5. The quantitative estimate of drug-likeness (QED) is 0.477. The van der Waals surface area contributed by atoms with Gasteiger partial charge < -0.3 is 8.94 Å². The number of hydrogen-bond acceptors (Lipinski definition) is 5. The molecule has 0 unspecified atom stereocenters. The fraction of sp³-hybridized carbons (Fsp3) is 0.0455. The van der Waals surface area contributed by atoms with Crippen molar-refractivity contribution in [3.8, 4) is 6.07 Å². The Morgan fingerprint density at radius 2 is 1.59 bits per heavy atom. The Kier molecular flexibility index (Phi) is 4.62. The van der Waals surface area contributed by atoms with Gasteiger partial charge in [0.15, 0.2) is 5.82 Å². The average molecular weight is 353 g/mol. The van der Waals surface area contributed by atoms with E-state index in [0.29, 0.717) is 11.6 Å². The summed E-state index contributed by atoms with van der Waals surface area (Å²) < 4.78 is 10.7. The van der Waals surface area contributed by atoms with E-state index in [4.69, 9.17) is 8.94 Å². The van der Waals surface area contributed by atoms with Gasteiger partial charge in [0, 0.05) is 6.08 Å². The molecule has 0 N–H and O–H groups in total. The van der Waals surface area contributed by atoms with E-state index in [-0.39, 0.29) is 17.4 Å². The van der Waals surface area contributed by atoms with Crippen LogP contribution in [0.1, 0.15) is 34.5 Å². The van der Waals surface area contributed by atoms with Crippen molar-refractivity contribution >= 4 is 11.6 Å². The van der Waals surface area contributed by atoms with Gasteiger partial charge in [0.1, 0.15) is 17.4 Å². The molecular formula is C22H15N3O2. The molecular weight excluding hydrogens is 338 g/mol. The van der Waals surface area contributed by atoms with Crippen molar-refractivity contribution in [1.29, 1.82) is 5.26 Å². The largest absolute Gasteiger partial charge is 0.465 e. The van der Waals surface area contributed by atoms with Crippen LogP contribution in [0.3, 0.4) is 0 Å². The molecule has 5 heteroatoms. The normalized spacial score (nSPS) is 11.5. The van der Waals surface area contributed by atoms with Gasteiger partial charge in [-0.05, 0) is 23.3 Å². The molecule has 2 heterocycles. The van der Waals surface area contributed by atoms with Gasteiger partial charge in [0.25, 0.3) is 5.89 Å².